The maximum Gasteiger partial charge on any atom is 0.339 e. The molecule has 0 aliphatic carbocycles. The van der Waals surface area contributed by atoms with Gasteiger partial charge in [0, 0.05) is 21.8 Å². The molecule has 0 aliphatic heterocycles. The lowest BCUT2D eigenvalue weighted by Crippen LogP contribution is -2.22. The Morgan fingerprint density at radius 3 is 2.28 bits per heavy atom. The fourth-order valence-electron chi connectivity index (χ4n) is 2.74. The standard InChI is InChI=1S/C23H18ClNO4/c1-15-5-4-6-18(13-15)25-21(26)14-29-23(28)20-8-3-2-7-19(20)22(27)16-9-11-17(24)12-10-16/h2-13H,14H2,1H3,(H,25,26). The number of anilines is 1. The molecule has 3 aromatic rings. The second-order valence-corrected chi connectivity index (χ2v) is 6.81. The van der Waals surface area contributed by atoms with Gasteiger partial charge in [-0.15, -0.1) is 0 Å². The lowest BCUT2D eigenvalue weighted by molar-refractivity contribution is -0.119. The maximum absolute atomic E-state index is 12.8. The molecule has 1 N–H and O–H groups in total. The summed E-state index contributed by atoms with van der Waals surface area (Å²) in [5, 5.41) is 3.17. The van der Waals surface area contributed by atoms with Crippen LogP contribution in [-0.2, 0) is 9.53 Å². The van der Waals surface area contributed by atoms with E-state index in [1.54, 1.807) is 54.6 Å². The van der Waals surface area contributed by atoms with E-state index in [-0.39, 0.29) is 16.9 Å². The van der Waals surface area contributed by atoms with Crippen molar-refractivity contribution < 1.29 is 19.1 Å². The number of rotatable bonds is 6. The van der Waals surface area contributed by atoms with Crippen molar-refractivity contribution in [2.45, 2.75) is 6.92 Å². The SMILES string of the molecule is Cc1cccc(NC(=O)COC(=O)c2ccccc2C(=O)c2ccc(Cl)cc2)c1. The average molecular weight is 408 g/mol. The number of hydrogen-bond acceptors (Lipinski definition) is 4. The van der Waals surface area contributed by atoms with E-state index >= 15 is 0 Å². The summed E-state index contributed by atoms with van der Waals surface area (Å²) in [6, 6.07) is 20.0. The third kappa shape index (κ3) is 5.30. The Labute approximate surface area is 173 Å². The molecule has 0 atom stereocenters. The van der Waals surface area contributed by atoms with Gasteiger partial charge in [-0.3, -0.25) is 9.59 Å². The number of amides is 1. The molecular formula is C23H18ClNO4. The van der Waals surface area contributed by atoms with Crippen molar-refractivity contribution in [2.75, 3.05) is 11.9 Å². The molecule has 0 bridgehead atoms. The normalized spacial score (nSPS) is 10.3. The Morgan fingerprint density at radius 1 is 0.897 bits per heavy atom. The van der Waals surface area contributed by atoms with Crippen LogP contribution in [0.3, 0.4) is 0 Å². The molecule has 6 heteroatoms. The maximum atomic E-state index is 12.8. The Bertz CT molecular complexity index is 1060. The molecule has 3 aromatic carbocycles. The zero-order valence-electron chi connectivity index (χ0n) is 15.6. The van der Waals surface area contributed by atoms with Crippen LogP contribution >= 0.6 is 11.6 Å². The summed E-state index contributed by atoms with van der Waals surface area (Å²) in [5.74, 6) is -1.55. The molecule has 29 heavy (non-hydrogen) atoms. The van der Waals surface area contributed by atoms with Crippen LogP contribution in [0.1, 0.15) is 31.8 Å². The summed E-state index contributed by atoms with van der Waals surface area (Å²) >= 11 is 5.86. The van der Waals surface area contributed by atoms with E-state index < -0.39 is 18.5 Å². The molecule has 0 aromatic heterocycles. The molecule has 0 fully saturated rings. The van der Waals surface area contributed by atoms with E-state index in [2.05, 4.69) is 5.32 Å². The molecule has 0 spiro atoms. The largest absolute Gasteiger partial charge is 0.452 e. The number of halogens is 1. The van der Waals surface area contributed by atoms with Gasteiger partial charge >= 0.3 is 5.97 Å². The van der Waals surface area contributed by atoms with Gasteiger partial charge in [0.25, 0.3) is 5.91 Å². The number of ketones is 1. The second kappa shape index (κ2) is 9.17. The van der Waals surface area contributed by atoms with Crippen molar-refractivity contribution in [2.24, 2.45) is 0 Å². The molecule has 0 radical (unpaired) electrons. The number of ether oxygens (including phenoxy) is 1. The molecule has 0 unspecified atom stereocenters. The second-order valence-electron chi connectivity index (χ2n) is 6.38. The first-order valence-electron chi connectivity index (χ1n) is 8.87. The van der Waals surface area contributed by atoms with E-state index in [9.17, 15) is 14.4 Å². The zero-order valence-corrected chi connectivity index (χ0v) is 16.4. The minimum atomic E-state index is -0.748. The third-order valence-corrected chi connectivity index (χ3v) is 4.39. The highest BCUT2D eigenvalue weighted by atomic mass is 35.5. The van der Waals surface area contributed by atoms with Gasteiger partial charge in [-0.1, -0.05) is 41.9 Å². The molecule has 0 saturated carbocycles. The molecule has 146 valence electrons. The van der Waals surface area contributed by atoms with E-state index in [4.69, 9.17) is 16.3 Å². The predicted octanol–water partition coefficient (Wildman–Crippen LogP) is 4.67. The van der Waals surface area contributed by atoms with Crippen LogP contribution in [0.2, 0.25) is 5.02 Å². The van der Waals surface area contributed by atoms with Gasteiger partial charge in [0.15, 0.2) is 12.4 Å². The fourth-order valence-corrected chi connectivity index (χ4v) is 2.87. The Morgan fingerprint density at radius 2 is 1.59 bits per heavy atom. The minimum Gasteiger partial charge on any atom is -0.452 e. The average Bonchev–Trinajstić information content (AvgIpc) is 2.72. The van der Waals surface area contributed by atoms with Crippen LogP contribution in [0.4, 0.5) is 5.69 Å². The Hall–Kier alpha value is -3.44. The molecule has 0 heterocycles. The van der Waals surface area contributed by atoms with Crippen LogP contribution in [0.25, 0.3) is 0 Å². The predicted molar refractivity (Wildman–Crippen MR) is 111 cm³/mol. The number of carbonyl (C=O) groups is 3. The monoisotopic (exact) mass is 407 g/mol. The highest BCUT2D eigenvalue weighted by molar-refractivity contribution is 6.30. The van der Waals surface area contributed by atoms with Gasteiger partial charge in [0.05, 0.1) is 5.56 Å². The van der Waals surface area contributed by atoms with Crippen LogP contribution in [0, 0.1) is 6.92 Å². The molecule has 5 nitrogen and oxygen atoms in total. The Kier molecular flexibility index (Phi) is 6.42. The van der Waals surface area contributed by atoms with Gasteiger partial charge in [-0.05, 0) is 55.0 Å². The van der Waals surface area contributed by atoms with Crippen LogP contribution in [0.5, 0.6) is 0 Å². The topological polar surface area (TPSA) is 72.5 Å². The van der Waals surface area contributed by atoms with Crippen molar-refractivity contribution in [3.8, 4) is 0 Å². The molecular weight excluding hydrogens is 390 g/mol. The summed E-state index contributed by atoms with van der Waals surface area (Å²) < 4.78 is 5.11. The Balaban J connectivity index is 1.69. The van der Waals surface area contributed by atoms with Crippen LogP contribution < -0.4 is 5.32 Å². The summed E-state index contributed by atoms with van der Waals surface area (Å²) in [6.07, 6.45) is 0. The van der Waals surface area contributed by atoms with Crippen LogP contribution in [-0.4, -0.2) is 24.3 Å². The third-order valence-electron chi connectivity index (χ3n) is 4.13. The van der Waals surface area contributed by atoms with E-state index in [0.29, 0.717) is 16.3 Å². The first-order chi connectivity index (χ1) is 13.9. The summed E-state index contributed by atoms with van der Waals surface area (Å²) in [5.41, 5.74) is 2.29. The zero-order chi connectivity index (χ0) is 20.8. The number of nitrogens with one attached hydrogen (secondary N) is 1. The molecule has 0 aliphatic rings. The number of benzene rings is 3. The van der Waals surface area contributed by atoms with Crippen molar-refractivity contribution >= 4 is 34.9 Å². The van der Waals surface area contributed by atoms with E-state index in [1.165, 1.54) is 6.07 Å². The van der Waals surface area contributed by atoms with Crippen LogP contribution in [0.15, 0.2) is 72.8 Å². The summed E-state index contributed by atoms with van der Waals surface area (Å²) in [7, 11) is 0. The van der Waals surface area contributed by atoms with Gasteiger partial charge < -0.3 is 10.1 Å². The van der Waals surface area contributed by atoms with E-state index in [0.717, 1.165) is 5.56 Å². The fraction of sp³-hybridized carbons (Fsp3) is 0.0870. The van der Waals surface area contributed by atoms with Gasteiger partial charge in [0.1, 0.15) is 0 Å². The molecule has 0 saturated heterocycles. The summed E-state index contributed by atoms with van der Waals surface area (Å²) in [4.78, 5) is 37.3. The lowest BCUT2D eigenvalue weighted by Gasteiger charge is -2.10. The smallest absolute Gasteiger partial charge is 0.339 e. The first-order valence-corrected chi connectivity index (χ1v) is 9.25. The van der Waals surface area contributed by atoms with Gasteiger partial charge in [0.2, 0.25) is 0 Å². The van der Waals surface area contributed by atoms with Crippen molar-refractivity contribution in [3.05, 3.63) is 100 Å². The van der Waals surface area contributed by atoms with Crippen molar-refractivity contribution in [1.29, 1.82) is 0 Å². The van der Waals surface area contributed by atoms with Gasteiger partial charge in [-0.2, -0.15) is 0 Å². The summed E-state index contributed by atoms with van der Waals surface area (Å²) in [6.45, 7) is 1.44. The molecule has 1 amide bonds. The first kappa shape index (κ1) is 20.3. The van der Waals surface area contributed by atoms with E-state index in [1.807, 2.05) is 19.1 Å². The quantitative estimate of drug-likeness (QED) is 0.476. The lowest BCUT2D eigenvalue weighted by atomic mass is 9.98. The van der Waals surface area contributed by atoms with Crippen molar-refractivity contribution in [3.63, 3.8) is 0 Å². The highest BCUT2D eigenvalue weighted by Gasteiger charge is 2.20. The van der Waals surface area contributed by atoms with Crippen molar-refractivity contribution in [1.82, 2.24) is 0 Å². The number of aryl methyl sites for hydroxylation is 1. The number of carbonyl (C=O) groups excluding carboxylic acids is 3. The molecule has 3 rings (SSSR count). The number of hydrogen-bond donors (Lipinski definition) is 1. The minimum absolute atomic E-state index is 0.0933. The highest BCUT2D eigenvalue weighted by Crippen LogP contribution is 2.18. The number of esters is 1. The van der Waals surface area contributed by atoms with Gasteiger partial charge in [-0.25, -0.2) is 4.79 Å².